The standard InChI is InChI=1S/C18H26N8/c1-15-14-16(22-18(21-15)26-8-6-23(2)7-9-26)24-10-12-25(13-11-24)17-19-4-3-5-20-17/h3-5,14H,6-13H2,1-2H3. The van der Waals surface area contributed by atoms with Gasteiger partial charge in [0.05, 0.1) is 0 Å². The van der Waals surface area contributed by atoms with Gasteiger partial charge in [0.25, 0.3) is 0 Å². The number of aryl methyl sites for hydroxylation is 1. The van der Waals surface area contributed by atoms with Gasteiger partial charge in [-0.3, -0.25) is 0 Å². The first-order valence-corrected chi connectivity index (χ1v) is 9.25. The molecule has 2 saturated heterocycles. The van der Waals surface area contributed by atoms with E-state index in [1.807, 2.05) is 6.07 Å². The summed E-state index contributed by atoms with van der Waals surface area (Å²) in [7, 11) is 2.16. The summed E-state index contributed by atoms with van der Waals surface area (Å²) in [4.78, 5) is 27.5. The van der Waals surface area contributed by atoms with Crippen LogP contribution in [0.15, 0.2) is 24.5 Å². The number of nitrogens with zero attached hydrogens (tertiary/aromatic N) is 8. The van der Waals surface area contributed by atoms with E-state index in [4.69, 9.17) is 4.98 Å². The predicted molar refractivity (Wildman–Crippen MR) is 103 cm³/mol. The maximum absolute atomic E-state index is 4.88. The largest absolute Gasteiger partial charge is 0.353 e. The minimum absolute atomic E-state index is 0.809. The third-order valence-electron chi connectivity index (χ3n) is 5.05. The van der Waals surface area contributed by atoms with Crippen molar-refractivity contribution in [1.82, 2.24) is 24.8 Å². The minimum Gasteiger partial charge on any atom is -0.353 e. The lowest BCUT2D eigenvalue weighted by Gasteiger charge is -2.36. The van der Waals surface area contributed by atoms with Crippen LogP contribution in [-0.2, 0) is 0 Å². The second-order valence-electron chi connectivity index (χ2n) is 6.98. The number of likely N-dealkylation sites (N-methyl/N-ethyl adjacent to an activating group) is 1. The van der Waals surface area contributed by atoms with E-state index in [0.717, 1.165) is 75.8 Å². The Hall–Kier alpha value is -2.48. The summed E-state index contributed by atoms with van der Waals surface area (Å²) in [6.45, 7) is 9.77. The highest BCUT2D eigenvalue weighted by Crippen LogP contribution is 2.20. The molecule has 0 unspecified atom stereocenters. The Balaban J connectivity index is 1.45. The van der Waals surface area contributed by atoms with E-state index < -0.39 is 0 Å². The average Bonchev–Trinajstić information content (AvgIpc) is 2.69. The van der Waals surface area contributed by atoms with Crippen molar-refractivity contribution in [1.29, 1.82) is 0 Å². The molecular weight excluding hydrogens is 328 g/mol. The Morgan fingerprint density at radius 3 is 2.00 bits per heavy atom. The molecule has 8 nitrogen and oxygen atoms in total. The molecule has 8 heteroatoms. The first-order valence-electron chi connectivity index (χ1n) is 9.25. The summed E-state index contributed by atoms with van der Waals surface area (Å²) in [6.07, 6.45) is 3.59. The quantitative estimate of drug-likeness (QED) is 0.796. The summed E-state index contributed by atoms with van der Waals surface area (Å²) in [6, 6.07) is 3.94. The van der Waals surface area contributed by atoms with Crippen LogP contribution in [0.3, 0.4) is 0 Å². The van der Waals surface area contributed by atoms with Crippen molar-refractivity contribution in [2.75, 3.05) is 74.1 Å². The molecule has 2 aromatic rings. The minimum atomic E-state index is 0.809. The molecule has 138 valence electrons. The lowest BCUT2D eigenvalue weighted by Crippen LogP contribution is -2.48. The zero-order chi connectivity index (χ0) is 17.9. The normalized spacial score (nSPS) is 19.1. The van der Waals surface area contributed by atoms with Crippen LogP contribution < -0.4 is 14.7 Å². The fourth-order valence-electron chi connectivity index (χ4n) is 3.44. The van der Waals surface area contributed by atoms with Crippen molar-refractivity contribution in [2.45, 2.75) is 6.92 Å². The molecule has 0 spiro atoms. The summed E-state index contributed by atoms with van der Waals surface area (Å²) in [5.41, 5.74) is 1.03. The topological polar surface area (TPSA) is 64.5 Å². The van der Waals surface area contributed by atoms with Gasteiger partial charge < -0.3 is 19.6 Å². The smallest absolute Gasteiger partial charge is 0.227 e. The molecule has 26 heavy (non-hydrogen) atoms. The second-order valence-corrected chi connectivity index (χ2v) is 6.98. The Morgan fingerprint density at radius 2 is 1.31 bits per heavy atom. The van der Waals surface area contributed by atoms with E-state index >= 15 is 0 Å². The Morgan fingerprint density at radius 1 is 0.731 bits per heavy atom. The summed E-state index contributed by atoms with van der Waals surface area (Å²) in [5.74, 6) is 2.70. The molecule has 0 saturated carbocycles. The SMILES string of the molecule is Cc1cc(N2CCN(c3ncccn3)CC2)nc(N2CCN(C)CC2)n1. The van der Waals surface area contributed by atoms with Gasteiger partial charge in [0.15, 0.2) is 0 Å². The maximum atomic E-state index is 4.88. The van der Waals surface area contributed by atoms with E-state index in [-0.39, 0.29) is 0 Å². The van der Waals surface area contributed by atoms with Gasteiger partial charge in [-0.25, -0.2) is 15.0 Å². The molecule has 0 bridgehead atoms. The second kappa shape index (κ2) is 7.41. The fraction of sp³-hybridized carbons (Fsp3) is 0.556. The lowest BCUT2D eigenvalue weighted by atomic mass is 10.3. The van der Waals surface area contributed by atoms with E-state index in [2.05, 4.69) is 54.6 Å². The monoisotopic (exact) mass is 354 g/mol. The molecule has 0 aliphatic carbocycles. The van der Waals surface area contributed by atoms with Crippen molar-refractivity contribution < 1.29 is 0 Å². The van der Waals surface area contributed by atoms with Crippen LogP contribution in [0.25, 0.3) is 0 Å². The lowest BCUT2D eigenvalue weighted by molar-refractivity contribution is 0.311. The molecular formula is C18H26N8. The molecule has 0 amide bonds. The maximum Gasteiger partial charge on any atom is 0.227 e. The van der Waals surface area contributed by atoms with Crippen LogP contribution in [0.4, 0.5) is 17.7 Å². The average molecular weight is 354 g/mol. The Labute approximate surface area is 154 Å². The molecule has 0 N–H and O–H groups in total. The van der Waals surface area contributed by atoms with Gasteiger partial charge in [0, 0.05) is 76.5 Å². The number of rotatable bonds is 3. The van der Waals surface area contributed by atoms with Crippen molar-refractivity contribution >= 4 is 17.7 Å². The zero-order valence-electron chi connectivity index (χ0n) is 15.5. The molecule has 2 aromatic heterocycles. The van der Waals surface area contributed by atoms with Crippen molar-refractivity contribution in [3.05, 3.63) is 30.2 Å². The first kappa shape index (κ1) is 17.0. The van der Waals surface area contributed by atoms with Gasteiger partial charge >= 0.3 is 0 Å². The zero-order valence-corrected chi connectivity index (χ0v) is 15.5. The van der Waals surface area contributed by atoms with Crippen LogP contribution in [0.2, 0.25) is 0 Å². The van der Waals surface area contributed by atoms with Crippen LogP contribution in [0.5, 0.6) is 0 Å². The number of hydrogen-bond donors (Lipinski definition) is 0. The van der Waals surface area contributed by atoms with Crippen molar-refractivity contribution in [3.63, 3.8) is 0 Å². The summed E-state index contributed by atoms with van der Waals surface area (Å²) < 4.78 is 0. The molecule has 4 heterocycles. The molecule has 2 aliphatic heterocycles. The van der Waals surface area contributed by atoms with Gasteiger partial charge in [0.2, 0.25) is 11.9 Å². The highest BCUT2D eigenvalue weighted by atomic mass is 15.4. The fourth-order valence-corrected chi connectivity index (χ4v) is 3.44. The molecule has 0 aromatic carbocycles. The van der Waals surface area contributed by atoms with Crippen LogP contribution >= 0.6 is 0 Å². The van der Waals surface area contributed by atoms with Crippen LogP contribution in [0, 0.1) is 6.92 Å². The molecule has 0 atom stereocenters. The molecule has 2 aliphatic rings. The third kappa shape index (κ3) is 3.70. The van der Waals surface area contributed by atoms with E-state index in [9.17, 15) is 0 Å². The number of aromatic nitrogens is 4. The van der Waals surface area contributed by atoms with Gasteiger partial charge in [-0.2, -0.15) is 4.98 Å². The Kier molecular flexibility index (Phi) is 4.83. The predicted octanol–water partition coefficient (Wildman–Crippen LogP) is 0.653. The van der Waals surface area contributed by atoms with Crippen molar-refractivity contribution in [3.8, 4) is 0 Å². The van der Waals surface area contributed by atoms with Gasteiger partial charge in [0.1, 0.15) is 5.82 Å². The molecule has 4 rings (SSSR count). The number of hydrogen-bond acceptors (Lipinski definition) is 8. The van der Waals surface area contributed by atoms with E-state index in [1.165, 1.54) is 0 Å². The number of piperazine rings is 2. The summed E-state index contributed by atoms with van der Waals surface area (Å²) in [5, 5.41) is 0. The van der Waals surface area contributed by atoms with E-state index in [1.54, 1.807) is 12.4 Å². The van der Waals surface area contributed by atoms with Crippen LogP contribution in [-0.4, -0.2) is 84.2 Å². The number of anilines is 3. The highest BCUT2D eigenvalue weighted by Gasteiger charge is 2.22. The van der Waals surface area contributed by atoms with Gasteiger partial charge in [-0.05, 0) is 20.0 Å². The Bertz CT molecular complexity index is 721. The summed E-state index contributed by atoms with van der Waals surface area (Å²) >= 11 is 0. The highest BCUT2D eigenvalue weighted by molar-refractivity contribution is 5.48. The van der Waals surface area contributed by atoms with Crippen molar-refractivity contribution in [2.24, 2.45) is 0 Å². The van der Waals surface area contributed by atoms with E-state index in [0.29, 0.717) is 0 Å². The van der Waals surface area contributed by atoms with Gasteiger partial charge in [-0.15, -0.1) is 0 Å². The van der Waals surface area contributed by atoms with Gasteiger partial charge in [-0.1, -0.05) is 0 Å². The molecule has 2 fully saturated rings. The molecule has 0 radical (unpaired) electrons. The third-order valence-corrected chi connectivity index (χ3v) is 5.05. The first-order chi connectivity index (χ1) is 12.7. The van der Waals surface area contributed by atoms with Crippen LogP contribution in [0.1, 0.15) is 5.69 Å².